The second-order valence-electron chi connectivity index (χ2n) is 3.00. The Morgan fingerprint density at radius 2 is 1.93 bits per heavy atom. The van der Waals surface area contributed by atoms with Gasteiger partial charge in [-0.25, -0.2) is 4.39 Å². The van der Waals surface area contributed by atoms with Crippen LogP contribution in [0, 0.1) is 5.82 Å². The highest BCUT2D eigenvalue weighted by atomic mass is 35.5. The Balaban J connectivity index is 2.79. The molecule has 0 unspecified atom stereocenters. The van der Waals surface area contributed by atoms with Gasteiger partial charge >= 0.3 is 0 Å². The Morgan fingerprint density at radius 3 is 2.57 bits per heavy atom. The van der Waals surface area contributed by atoms with Gasteiger partial charge < -0.3 is 5.11 Å². The zero-order valence-corrected chi connectivity index (χ0v) is 9.08. The zero-order chi connectivity index (χ0) is 10.6. The molecule has 14 heavy (non-hydrogen) atoms. The second-order valence-corrected chi connectivity index (χ2v) is 3.79. The van der Waals surface area contributed by atoms with Crippen molar-refractivity contribution in [3.05, 3.63) is 33.6 Å². The molecule has 78 valence electrons. The molecule has 0 aliphatic heterocycles. The monoisotopic (exact) mass is 236 g/mol. The van der Waals surface area contributed by atoms with Gasteiger partial charge in [-0.15, -0.1) is 0 Å². The minimum absolute atomic E-state index is 0.0930. The summed E-state index contributed by atoms with van der Waals surface area (Å²) in [5, 5.41) is 9.17. The molecule has 0 heterocycles. The average molecular weight is 237 g/mol. The number of benzene rings is 1. The number of hydrogen-bond acceptors (Lipinski definition) is 1. The van der Waals surface area contributed by atoms with E-state index in [0.717, 1.165) is 6.42 Å². The topological polar surface area (TPSA) is 20.2 Å². The molecule has 0 aliphatic rings. The Labute approximate surface area is 92.5 Å². The van der Waals surface area contributed by atoms with Crippen LogP contribution >= 0.6 is 23.2 Å². The first-order chi connectivity index (χ1) is 6.66. The predicted molar refractivity (Wildman–Crippen MR) is 56.4 cm³/mol. The zero-order valence-electron chi connectivity index (χ0n) is 7.56. The number of halogens is 3. The molecule has 0 atom stereocenters. The van der Waals surface area contributed by atoms with Gasteiger partial charge in [0.25, 0.3) is 0 Å². The van der Waals surface area contributed by atoms with Crippen molar-refractivity contribution in [2.75, 3.05) is 6.61 Å². The highest BCUT2D eigenvalue weighted by Gasteiger charge is 2.09. The lowest BCUT2D eigenvalue weighted by Crippen LogP contribution is -1.93. The van der Waals surface area contributed by atoms with Crippen LogP contribution in [-0.2, 0) is 6.42 Å². The Hall–Kier alpha value is -0.310. The summed E-state index contributed by atoms with van der Waals surface area (Å²) >= 11 is 11.6. The summed E-state index contributed by atoms with van der Waals surface area (Å²) < 4.78 is 13.0. The Kier molecular flexibility index (Phi) is 4.66. The molecule has 0 spiro atoms. The summed E-state index contributed by atoms with van der Waals surface area (Å²) in [5.41, 5.74) is 0.627. The number of aliphatic hydroxyl groups excluding tert-OH is 1. The van der Waals surface area contributed by atoms with Crippen LogP contribution in [0.4, 0.5) is 4.39 Å². The van der Waals surface area contributed by atoms with Gasteiger partial charge in [0, 0.05) is 11.6 Å². The molecule has 0 aromatic heterocycles. The molecule has 4 heteroatoms. The van der Waals surface area contributed by atoms with Gasteiger partial charge in [-0.05, 0) is 37.0 Å². The molecule has 0 fully saturated rings. The van der Waals surface area contributed by atoms with Crippen molar-refractivity contribution in [2.24, 2.45) is 0 Å². The molecule has 0 aliphatic carbocycles. The first-order valence-corrected chi connectivity index (χ1v) is 5.15. The van der Waals surface area contributed by atoms with Gasteiger partial charge in [0.1, 0.15) is 5.82 Å². The van der Waals surface area contributed by atoms with Gasteiger partial charge in [0.05, 0.1) is 5.02 Å². The van der Waals surface area contributed by atoms with Crippen molar-refractivity contribution in [3.63, 3.8) is 0 Å². The van der Waals surface area contributed by atoms with E-state index in [4.69, 9.17) is 28.3 Å². The lowest BCUT2D eigenvalue weighted by molar-refractivity contribution is 0.284. The van der Waals surface area contributed by atoms with Crippen molar-refractivity contribution >= 4 is 23.2 Å². The molecule has 0 radical (unpaired) electrons. The van der Waals surface area contributed by atoms with Crippen molar-refractivity contribution in [1.82, 2.24) is 0 Å². The largest absolute Gasteiger partial charge is 0.396 e. The van der Waals surface area contributed by atoms with E-state index in [1.54, 1.807) is 0 Å². The minimum Gasteiger partial charge on any atom is -0.396 e. The first kappa shape index (κ1) is 11.8. The summed E-state index contributed by atoms with van der Waals surface area (Å²) in [4.78, 5) is 0. The first-order valence-electron chi connectivity index (χ1n) is 4.40. The van der Waals surface area contributed by atoms with Crippen LogP contribution in [0.2, 0.25) is 10.0 Å². The van der Waals surface area contributed by atoms with Gasteiger partial charge in [0.2, 0.25) is 0 Å². The Bertz CT molecular complexity index is 315. The molecular formula is C10H11Cl2FO. The molecule has 1 aromatic carbocycles. The molecule has 1 nitrogen and oxygen atoms in total. The van der Waals surface area contributed by atoms with Gasteiger partial charge in [-0.3, -0.25) is 0 Å². The smallest absolute Gasteiger partial charge is 0.142 e. The Morgan fingerprint density at radius 1 is 1.21 bits per heavy atom. The van der Waals surface area contributed by atoms with Gasteiger partial charge in [-0.1, -0.05) is 23.2 Å². The van der Waals surface area contributed by atoms with Crippen LogP contribution in [0.3, 0.4) is 0 Å². The highest BCUT2D eigenvalue weighted by molar-refractivity contribution is 6.36. The average Bonchev–Trinajstić information content (AvgIpc) is 2.18. The fourth-order valence-electron chi connectivity index (χ4n) is 1.21. The molecule has 0 saturated heterocycles. The van der Waals surface area contributed by atoms with E-state index < -0.39 is 5.82 Å². The van der Waals surface area contributed by atoms with E-state index >= 15 is 0 Å². The summed E-state index contributed by atoms with van der Waals surface area (Å²) in [6.45, 7) is 0.130. The van der Waals surface area contributed by atoms with Crippen molar-refractivity contribution in [3.8, 4) is 0 Å². The highest BCUT2D eigenvalue weighted by Crippen LogP contribution is 2.28. The van der Waals surface area contributed by atoms with Crippen molar-refractivity contribution in [2.45, 2.75) is 19.3 Å². The minimum atomic E-state index is -0.449. The van der Waals surface area contributed by atoms with Crippen molar-refractivity contribution < 1.29 is 9.50 Å². The van der Waals surface area contributed by atoms with Crippen molar-refractivity contribution in [1.29, 1.82) is 0 Å². The lowest BCUT2D eigenvalue weighted by Gasteiger charge is -2.06. The van der Waals surface area contributed by atoms with Gasteiger partial charge in [0.15, 0.2) is 0 Å². The van der Waals surface area contributed by atoms with E-state index in [-0.39, 0.29) is 11.6 Å². The maximum Gasteiger partial charge on any atom is 0.142 e. The maximum atomic E-state index is 13.0. The summed E-state index contributed by atoms with van der Waals surface area (Å²) in [5.74, 6) is -0.449. The normalized spacial score (nSPS) is 10.6. The predicted octanol–water partition coefficient (Wildman–Crippen LogP) is 3.45. The van der Waals surface area contributed by atoms with E-state index in [0.29, 0.717) is 23.4 Å². The molecule has 0 amide bonds. The number of unbranched alkanes of at least 4 members (excludes halogenated alkanes) is 1. The number of hydrogen-bond donors (Lipinski definition) is 1. The van der Waals surface area contributed by atoms with E-state index in [1.807, 2.05) is 0 Å². The summed E-state index contributed by atoms with van der Waals surface area (Å²) in [7, 11) is 0. The van der Waals surface area contributed by atoms with Crippen LogP contribution in [0.5, 0.6) is 0 Å². The number of rotatable bonds is 4. The second kappa shape index (κ2) is 5.54. The third-order valence-electron chi connectivity index (χ3n) is 1.97. The third-order valence-corrected chi connectivity index (χ3v) is 2.74. The molecule has 0 saturated carbocycles. The van der Waals surface area contributed by atoms with Crippen LogP contribution in [0.25, 0.3) is 0 Å². The molecule has 0 bridgehead atoms. The molecule has 1 N–H and O–H groups in total. The summed E-state index contributed by atoms with van der Waals surface area (Å²) in [6.07, 6.45) is 2.01. The van der Waals surface area contributed by atoms with Crippen LogP contribution in [0.15, 0.2) is 12.1 Å². The maximum absolute atomic E-state index is 13.0. The molecular weight excluding hydrogens is 226 g/mol. The van der Waals surface area contributed by atoms with Crippen LogP contribution in [-0.4, -0.2) is 11.7 Å². The van der Waals surface area contributed by atoms with E-state index in [2.05, 4.69) is 0 Å². The fourth-order valence-corrected chi connectivity index (χ4v) is 1.77. The lowest BCUT2D eigenvalue weighted by atomic mass is 10.1. The summed E-state index contributed by atoms with van der Waals surface area (Å²) in [6, 6.07) is 2.75. The fraction of sp³-hybridized carbons (Fsp3) is 0.400. The standard InChI is InChI=1S/C10H11Cl2FO/c11-8-4-5-9(13)10(12)7(8)3-1-2-6-14/h4-5,14H,1-3,6H2. The van der Waals surface area contributed by atoms with Crippen LogP contribution < -0.4 is 0 Å². The number of aliphatic hydroxyl groups is 1. The van der Waals surface area contributed by atoms with E-state index in [9.17, 15) is 4.39 Å². The molecule has 1 rings (SSSR count). The van der Waals surface area contributed by atoms with E-state index in [1.165, 1.54) is 12.1 Å². The molecule has 1 aromatic rings. The van der Waals surface area contributed by atoms with Crippen LogP contribution in [0.1, 0.15) is 18.4 Å². The van der Waals surface area contributed by atoms with Gasteiger partial charge in [-0.2, -0.15) is 0 Å². The SMILES string of the molecule is OCCCCc1c(Cl)ccc(F)c1Cl. The quantitative estimate of drug-likeness (QED) is 0.628. The third kappa shape index (κ3) is 2.84.